The van der Waals surface area contributed by atoms with Crippen molar-refractivity contribution < 1.29 is 51.0 Å². The Balaban J connectivity index is 0.000000451. The van der Waals surface area contributed by atoms with Gasteiger partial charge in [-0.25, -0.2) is 35.5 Å². The molecule has 0 amide bonds. The molecule has 0 aromatic carbocycles. The quantitative estimate of drug-likeness (QED) is 0.519. The van der Waals surface area contributed by atoms with Gasteiger partial charge in [0.05, 0.1) is 0 Å². The van der Waals surface area contributed by atoms with Crippen LogP contribution < -0.4 is 24.8 Å². The molecule has 0 aromatic rings. The second kappa shape index (κ2) is 14.4. The molecule has 4 aliphatic rings. The summed E-state index contributed by atoms with van der Waals surface area (Å²) in [6, 6.07) is 0. The van der Waals surface area contributed by atoms with Crippen molar-refractivity contribution in [3.8, 4) is 0 Å². The van der Waals surface area contributed by atoms with E-state index in [1.165, 1.54) is 88.2 Å². The zero-order valence-corrected chi connectivity index (χ0v) is 21.0. The number of halogens is 2. The van der Waals surface area contributed by atoms with E-state index >= 15 is 0 Å². The molecule has 2 saturated carbocycles. The van der Waals surface area contributed by atoms with E-state index in [2.05, 4.69) is 38.2 Å². The third-order valence-electron chi connectivity index (χ3n) is 6.17. The largest absolute Gasteiger partial charge is 4.00 e. The van der Waals surface area contributed by atoms with Gasteiger partial charge in [-0.2, -0.15) is 11.1 Å². The molecule has 0 saturated heterocycles. The smallest absolute Gasteiger partial charge is 1.00 e. The number of rotatable bonds is 2. The Hall–Kier alpha value is 0.423. The van der Waals surface area contributed by atoms with Crippen LogP contribution in [0.1, 0.15) is 90.9 Å². The first-order valence-electron chi connectivity index (χ1n) is 10.3. The van der Waals surface area contributed by atoms with Crippen LogP contribution >= 0.6 is 0 Å². The SMILES string of the molecule is CC1=CCC(C2CCCCC2)=[C-]1.CC1=CCC(C2CCCCC2)=[C-]1.[Cl-].[Cl-].[Zr+4]. The minimum absolute atomic E-state index is 0. The van der Waals surface area contributed by atoms with Gasteiger partial charge in [-0.05, 0) is 37.5 Å². The monoisotopic (exact) mass is 482 g/mol. The summed E-state index contributed by atoms with van der Waals surface area (Å²) in [7, 11) is 0. The van der Waals surface area contributed by atoms with Crippen molar-refractivity contribution >= 4 is 0 Å². The Morgan fingerprint density at radius 1 is 0.630 bits per heavy atom. The number of hydrogen-bond acceptors (Lipinski definition) is 0. The maximum Gasteiger partial charge on any atom is 4.00 e. The summed E-state index contributed by atoms with van der Waals surface area (Å²) in [6.07, 6.45) is 28.4. The fraction of sp³-hybridized carbons (Fsp3) is 0.667. The van der Waals surface area contributed by atoms with Crippen molar-refractivity contribution in [2.24, 2.45) is 11.8 Å². The fourth-order valence-corrected chi connectivity index (χ4v) is 4.68. The molecule has 0 spiro atoms. The van der Waals surface area contributed by atoms with Gasteiger partial charge in [0.2, 0.25) is 0 Å². The van der Waals surface area contributed by atoms with Gasteiger partial charge in [0.25, 0.3) is 0 Å². The van der Waals surface area contributed by atoms with Crippen molar-refractivity contribution in [1.82, 2.24) is 0 Å². The zero-order chi connectivity index (χ0) is 16.8. The van der Waals surface area contributed by atoms with Crippen LogP contribution in [0.25, 0.3) is 0 Å². The molecule has 0 radical (unpaired) electrons. The van der Waals surface area contributed by atoms with Crippen LogP contribution in [0.3, 0.4) is 0 Å². The molecule has 2 fully saturated rings. The normalized spacial score (nSPS) is 22.6. The summed E-state index contributed by atoms with van der Waals surface area (Å²) in [4.78, 5) is 0. The van der Waals surface area contributed by atoms with E-state index in [0.717, 1.165) is 11.8 Å². The summed E-state index contributed by atoms with van der Waals surface area (Å²) in [5, 5.41) is 0. The van der Waals surface area contributed by atoms with Gasteiger partial charge in [-0.3, -0.25) is 0 Å². The van der Waals surface area contributed by atoms with Crippen molar-refractivity contribution in [3.05, 3.63) is 46.6 Å². The van der Waals surface area contributed by atoms with E-state index in [4.69, 9.17) is 0 Å². The van der Waals surface area contributed by atoms with E-state index in [1.54, 1.807) is 11.1 Å². The molecule has 0 bridgehead atoms. The average Bonchev–Trinajstić information content (AvgIpc) is 3.26. The fourth-order valence-electron chi connectivity index (χ4n) is 4.68. The van der Waals surface area contributed by atoms with Crippen LogP contribution in [-0.2, 0) is 26.2 Å². The van der Waals surface area contributed by atoms with Gasteiger partial charge in [-0.1, -0.05) is 65.2 Å². The van der Waals surface area contributed by atoms with Crippen LogP contribution in [0.2, 0.25) is 0 Å². The van der Waals surface area contributed by atoms with Crippen LogP contribution in [-0.4, -0.2) is 0 Å². The van der Waals surface area contributed by atoms with Gasteiger partial charge in [0.15, 0.2) is 0 Å². The third kappa shape index (κ3) is 8.76. The molecule has 27 heavy (non-hydrogen) atoms. The average molecular weight is 485 g/mol. The maximum atomic E-state index is 3.50. The molecule has 4 rings (SSSR count). The molecular weight excluding hydrogens is 450 g/mol. The molecule has 0 N–H and O–H groups in total. The topological polar surface area (TPSA) is 0 Å². The summed E-state index contributed by atoms with van der Waals surface area (Å²) < 4.78 is 0. The molecule has 0 heterocycles. The second-order valence-electron chi connectivity index (χ2n) is 8.15. The summed E-state index contributed by atoms with van der Waals surface area (Å²) in [5.74, 6) is 1.76. The predicted molar refractivity (Wildman–Crippen MR) is 103 cm³/mol. The van der Waals surface area contributed by atoms with E-state index in [-0.39, 0.29) is 51.0 Å². The second-order valence-corrected chi connectivity index (χ2v) is 8.15. The first kappa shape index (κ1) is 27.4. The van der Waals surface area contributed by atoms with E-state index in [0.29, 0.717) is 0 Å². The standard InChI is InChI=1S/2C12H17.2ClH.Zr/c2*1-10-7-8-12(9-10)11-5-3-2-4-6-11;;;/h2*7,11H,2-6,8H2,1H3;2*1H;/q2*-1;;;+4/p-2. The van der Waals surface area contributed by atoms with Gasteiger partial charge >= 0.3 is 26.2 Å². The Morgan fingerprint density at radius 3 is 1.22 bits per heavy atom. The van der Waals surface area contributed by atoms with Crippen molar-refractivity contribution in [1.29, 1.82) is 0 Å². The van der Waals surface area contributed by atoms with Crippen LogP contribution in [0.5, 0.6) is 0 Å². The van der Waals surface area contributed by atoms with Crippen LogP contribution in [0, 0.1) is 24.0 Å². The molecule has 3 heteroatoms. The molecule has 4 aliphatic carbocycles. The zero-order valence-electron chi connectivity index (χ0n) is 17.1. The Morgan fingerprint density at radius 2 is 0.963 bits per heavy atom. The Bertz CT molecular complexity index is 495. The summed E-state index contributed by atoms with van der Waals surface area (Å²) in [6.45, 7) is 4.33. The van der Waals surface area contributed by atoms with Gasteiger partial charge < -0.3 is 24.8 Å². The molecule has 0 aliphatic heterocycles. The van der Waals surface area contributed by atoms with E-state index in [9.17, 15) is 0 Å². The maximum absolute atomic E-state index is 3.50. The molecular formula is C24H34Cl2Zr. The minimum atomic E-state index is 0. The van der Waals surface area contributed by atoms with Crippen molar-refractivity contribution in [2.45, 2.75) is 90.9 Å². The number of allylic oxidation sites excluding steroid dienone is 8. The van der Waals surface area contributed by atoms with Crippen LogP contribution in [0.4, 0.5) is 0 Å². The van der Waals surface area contributed by atoms with Gasteiger partial charge in [0.1, 0.15) is 0 Å². The Kier molecular flexibility index (Phi) is 14.6. The van der Waals surface area contributed by atoms with Gasteiger partial charge in [-0.15, -0.1) is 0 Å². The molecule has 0 atom stereocenters. The summed E-state index contributed by atoms with van der Waals surface area (Å²) >= 11 is 0. The van der Waals surface area contributed by atoms with Crippen molar-refractivity contribution in [3.63, 3.8) is 0 Å². The van der Waals surface area contributed by atoms with Crippen molar-refractivity contribution in [2.75, 3.05) is 0 Å². The first-order valence-corrected chi connectivity index (χ1v) is 10.3. The van der Waals surface area contributed by atoms with Gasteiger partial charge in [0, 0.05) is 0 Å². The van der Waals surface area contributed by atoms with E-state index < -0.39 is 0 Å². The van der Waals surface area contributed by atoms with Crippen LogP contribution in [0.15, 0.2) is 34.4 Å². The Labute approximate surface area is 199 Å². The third-order valence-corrected chi connectivity index (χ3v) is 6.17. The summed E-state index contributed by atoms with van der Waals surface area (Å²) in [5.41, 5.74) is 5.89. The van der Waals surface area contributed by atoms with E-state index in [1.807, 2.05) is 0 Å². The molecule has 0 aromatic heterocycles. The predicted octanol–water partition coefficient (Wildman–Crippen LogP) is 1.30. The minimum Gasteiger partial charge on any atom is -1.00 e. The first-order chi connectivity index (χ1) is 11.7. The number of hydrogen-bond donors (Lipinski definition) is 0. The molecule has 0 nitrogen and oxygen atoms in total. The molecule has 0 unspecified atom stereocenters. The molecule has 148 valence electrons.